The Hall–Kier alpha value is -0.0200. The molecule has 2 aliphatic rings. The molecule has 1 N–H and O–H groups in total. The number of thioether (sulfide) groups is 1. The van der Waals surface area contributed by atoms with E-state index in [1.165, 1.54) is 24.6 Å². The maximum atomic E-state index is 11.8. The molecule has 0 unspecified atom stereocenters. The van der Waals surface area contributed by atoms with E-state index in [4.69, 9.17) is 0 Å². The standard InChI is InChI=1S/C9H15NOS/c11-8-9(3-1-2-4-9)7-10-5-6-12-8/h10H,1-7H2. The van der Waals surface area contributed by atoms with E-state index < -0.39 is 0 Å². The van der Waals surface area contributed by atoms with Crippen molar-refractivity contribution in [1.82, 2.24) is 5.32 Å². The number of carbonyl (C=O) groups is 1. The van der Waals surface area contributed by atoms with Crippen LogP contribution in [0.3, 0.4) is 0 Å². The number of hydrogen-bond acceptors (Lipinski definition) is 3. The van der Waals surface area contributed by atoms with Crippen LogP contribution >= 0.6 is 11.8 Å². The summed E-state index contributed by atoms with van der Waals surface area (Å²) in [4.78, 5) is 11.8. The Labute approximate surface area is 77.5 Å². The van der Waals surface area contributed by atoms with Crippen molar-refractivity contribution in [2.24, 2.45) is 5.41 Å². The summed E-state index contributed by atoms with van der Waals surface area (Å²) in [6.45, 7) is 1.93. The second-order valence-corrected chi connectivity index (χ2v) is 4.87. The Balaban J connectivity index is 2.13. The highest BCUT2D eigenvalue weighted by Crippen LogP contribution is 2.42. The summed E-state index contributed by atoms with van der Waals surface area (Å²) in [6.07, 6.45) is 4.72. The second-order valence-electron chi connectivity index (χ2n) is 3.80. The Morgan fingerprint density at radius 2 is 2.08 bits per heavy atom. The van der Waals surface area contributed by atoms with Crippen molar-refractivity contribution in [2.45, 2.75) is 25.7 Å². The highest BCUT2D eigenvalue weighted by molar-refractivity contribution is 8.13. The Kier molecular flexibility index (Phi) is 2.42. The normalized spacial score (nSPS) is 29.2. The van der Waals surface area contributed by atoms with Crippen molar-refractivity contribution in [3.05, 3.63) is 0 Å². The molecule has 2 rings (SSSR count). The summed E-state index contributed by atoms with van der Waals surface area (Å²) < 4.78 is 0. The minimum Gasteiger partial charge on any atom is -0.315 e. The molecule has 2 nitrogen and oxygen atoms in total. The van der Waals surface area contributed by atoms with Gasteiger partial charge in [-0.3, -0.25) is 4.79 Å². The monoisotopic (exact) mass is 185 g/mol. The van der Waals surface area contributed by atoms with Gasteiger partial charge in [0, 0.05) is 18.8 Å². The maximum Gasteiger partial charge on any atom is 0.196 e. The van der Waals surface area contributed by atoms with E-state index in [1.54, 1.807) is 0 Å². The van der Waals surface area contributed by atoms with Crippen molar-refractivity contribution >= 4 is 16.9 Å². The van der Waals surface area contributed by atoms with Crippen molar-refractivity contribution < 1.29 is 4.79 Å². The third-order valence-corrected chi connectivity index (χ3v) is 4.07. The SMILES string of the molecule is O=C1SCCNCC12CCCC2. The number of hydrogen-bond donors (Lipinski definition) is 1. The predicted molar refractivity (Wildman–Crippen MR) is 51.2 cm³/mol. The molecule has 0 amide bonds. The second kappa shape index (κ2) is 3.38. The van der Waals surface area contributed by atoms with E-state index >= 15 is 0 Å². The lowest BCUT2D eigenvalue weighted by Gasteiger charge is -2.24. The van der Waals surface area contributed by atoms with Crippen molar-refractivity contribution in [2.75, 3.05) is 18.8 Å². The molecule has 1 saturated heterocycles. The van der Waals surface area contributed by atoms with Crippen LogP contribution < -0.4 is 5.32 Å². The fourth-order valence-electron chi connectivity index (χ4n) is 2.20. The first-order valence-corrected chi connectivity index (χ1v) is 5.70. The van der Waals surface area contributed by atoms with Gasteiger partial charge in [-0.1, -0.05) is 24.6 Å². The van der Waals surface area contributed by atoms with Crippen LogP contribution in [0.2, 0.25) is 0 Å². The molecule has 0 aromatic heterocycles. The van der Waals surface area contributed by atoms with Crippen LogP contribution in [0.1, 0.15) is 25.7 Å². The molecular formula is C9H15NOS. The Bertz CT molecular complexity index is 187. The van der Waals surface area contributed by atoms with Crippen LogP contribution in [0, 0.1) is 5.41 Å². The Morgan fingerprint density at radius 1 is 1.33 bits per heavy atom. The van der Waals surface area contributed by atoms with E-state index in [9.17, 15) is 4.79 Å². The largest absolute Gasteiger partial charge is 0.315 e. The molecule has 1 aliphatic heterocycles. The van der Waals surface area contributed by atoms with Crippen molar-refractivity contribution in [3.8, 4) is 0 Å². The molecule has 1 saturated carbocycles. The minimum atomic E-state index is 0.0289. The molecule has 1 heterocycles. The summed E-state index contributed by atoms with van der Waals surface area (Å²) in [5.74, 6) is 0.959. The molecule has 0 bridgehead atoms. The van der Waals surface area contributed by atoms with Crippen LogP contribution in [0.4, 0.5) is 0 Å². The summed E-state index contributed by atoms with van der Waals surface area (Å²) in [5, 5.41) is 3.82. The summed E-state index contributed by atoms with van der Waals surface area (Å²) in [5.41, 5.74) is 0.0289. The van der Waals surface area contributed by atoms with Crippen LogP contribution in [0.5, 0.6) is 0 Å². The highest BCUT2D eigenvalue weighted by atomic mass is 32.2. The first-order valence-electron chi connectivity index (χ1n) is 4.71. The molecule has 0 aromatic rings. The smallest absolute Gasteiger partial charge is 0.196 e. The molecule has 0 aromatic carbocycles. The van der Waals surface area contributed by atoms with Gasteiger partial charge in [0.15, 0.2) is 5.12 Å². The van der Waals surface area contributed by atoms with Crippen LogP contribution in [0.25, 0.3) is 0 Å². The van der Waals surface area contributed by atoms with E-state index in [1.807, 2.05) is 0 Å². The van der Waals surface area contributed by atoms with Gasteiger partial charge in [0.25, 0.3) is 0 Å². The average molecular weight is 185 g/mol. The number of carbonyl (C=O) groups excluding carboxylic acids is 1. The molecular weight excluding hydrogens is 170 g/mol. The van der Waals surface area contributed by atoms with E-state index in [0.29, 0.717) is 5.12 Å². The van der Waals surface area contributed by atoms with E-state index in [2.05, 4.69) is 5.32 Å². The first-order chi connectivity index (χ1) is 5.83. The van der Waals surface area contributed by atoms with Gasteiger partial charge in [0.05, 0.1) is 5.41 Å². The molecule has 3 heteroatoms. The van der Waals surface area contributed by atoms with Crippen LogP contribution in [-0.2, 0) is 4.79 Å². The summed E-state index contributed by atoms with van der Waals surface area (Å²) in [6, 6.07) is 0. The van der Waals surface area contributed by atoms with Gasteiger partial charge in [-0.25, -0.2) is 0 Å². The zero-order chi connectivity index (χ0) is 8.44. The van der Waals surface area contributed by atoms with Gasteiger partial charge in [0.1, 0.15) is 0 Å². The highest BCUT2D eigenvalue weighted by Gasteiger charge is 2.41. The minimum absolute atomic E-state index is 0.0289. The van der Waals surface area contributed by atoms with Gasteiger partial charge in [-0.15, -0.1) is 0 Å². The van der Waals surface area contributed by atoms with Crippen LogP contribution in [0.15, 0.2) is 0 Å². The fourth-order valence-corrected chi connectivity index (χ4v) is 3.22. The zero-order valence-electron chi connectivity index (χ0n) is 7.27. The molecule has 2 fully saturated rings. The lowest BCUT2D eigenvalue weighted by molar-refractivity contribution is -0.119. The van der Waals surface area contributed by atoms with E-state index in [0.717, 1.165) is 31.7 Å². The van der Waals surface area contributed by atoms with Gasteiger partial charge in [-0.05, 0) is 12.8 Å². The van der Waals surface area contributed by atoms with Gasteiger partial charge < -0.3 is 5.32 Å². The van der Waals surface area contributed by atoms with Gasteiger partial charge in [0.2, 0.25) is 0 Å². The molecule has 12 heavy (non-hydrogen) atoms. The third-order valence-electron chi connectivity index (χ3n) is 2.97. The molecule has 68 valence electrons. The number of rotatable bonds is 0. The summed E-state index contributed by atoms with van der Waals surface area (Å²) >= 11 is 1.53. The van der Waals surface area contributed by atoms with Crippen molar-refractivity contribution in [3.63, 3.8) is 0 Å². The third kappa shape index (κ3) is 1.40. The molecule has 0 radical (unpaired) electrons. The lowest BCUT2D eigenvalue weighted by Crippen LogP contribution is -2.35. The quantitative estimate of drug-likeness (QED) is 0.618. The zero-order valence-corrected chi connectivity index (χ0v) is 8.08. The lowest BCUT2D eigenvalue weighted by atomic mass is 9.88. The number of nitrogens with one attached hydrogen (secondary N) is 1. The topological polar surface area (TPSA) is 29.1 Å². The van der Waals surface area contributed by atoms with Crippen molar-refractivity contribution in [1.29, 1.82) is 0 Å². The predicted octanol–water partition coefficient (Wildman–Crippen LogP) is 1.41. The molecule has 1 spiro atoms. The van der Waals surface area contributed by atoms with Gasteiger partial charge in [-0.2, -0.15) is 0 Å². The van der Waals surface area contributed by atoms with E-state index in [-0.39, 0.29) is 5.41 Å². The molecule has 0 atom stereocenters. The first kappa shape index (κ1) is 8.57. The fraction of sp³-hybridized carbons (Fsp3) is 0.889. The maximum absolute atomic E-state index is 11.8. The van der Waals surface area contributed by atoms with Gasteiger partial charge >= 0.3 is 0 Å². The Morgan fingerprint density at radius 3 is 2.83 bits per heavy atom. The molecule has 1 aliphatic carbocycles. The average Bonchev–Trinajstić information content (AvgIpc) is 2.45. The summed E-state index contributed by atoms with van der Waals surface area (Å²) in [7, 11) is 0. The van der Waals surface area contributed by atoms with Crippen LogP contribution in [-0.4, -0.2) is 24.0 Å².